The van der Waals surface area contributed by atoms with Gasteiger partial charge in [-0.25, -0.2) is 0 Å². The van der Waals surface area contributed by atoms with Crippen LogP contribution in [0, 0.1) is 0 Å². The molecular formula is C10H20O3. The molecule has 1 N–H and O–H groups in total. The molecule has 0 aliphatic carbocycles. The number of aliphatic hydroxyl groups is 1. The van der Waals surface area contributed by atoms with Crippen LogP contribution in [0.25, 0.3) is 0 Å². The molecule has 0 heterocycles. The van der Waals surface area contributed by atoms with Crippen molar-refractivity contribution in [3.05, 3.63) is 0 Å². The normalized spacial score (nSPS) is 12.5. The zero-order valence-electron chi connectivity index (χ0n) is 8.58. The van der Waals surface area contributed by atoms with Gasteiger partial charge in [-0.05, 0) is 26.2 Å². The first-order valence-corrected chi connectivity index (χ1v) is 5.04. The van der Waals surface area contributed by atoms with E-state index in [2.05, 4.69) is 0 Å². The van der Waals surface area contributed by atoms with E-state index >= 15 is 0 Å². The van der Waals surface area contributed by atoms with Crippen LogP contribution in [-0.2, 0) is 9.53 Å². The number of esters is 1. The van der Waals surface area contributed by atoms with Crippen LogP contribution in [0.3, 0.4) is 0 Å². The summed E-state index contributed by atoms with van der Waals surface area (Å²) in [5, 5.41) is 9.34. The molecule has 0 aromatic rings. The summed E-state index contributed by atoms with van der Waals surface area (Å²) < 4.78 is 4.76. The highest BCUT2D eigenvalue weighted by Crippen LogP contribution is 2.06. The molecule has 3 heteroatoms. The molecule has 13 heavy (non-hydrogen) atoms. The summed E-state index contributed by atoms with van der Waals surface area (Å²) in [6.07, 6.45) is 3.41. The predicted molar refractivity (Wildman–Crippen MR) is 51.4 cm³/mol. The number of rotatable bonds is 7. The van der Waals surface area contributed by atoms with Crippen LogP contribution < -0.4 is 0 Å². The molecule has 0 saturated carbocycles. The first-order valence-electron chi connectivity index (χ1n) is 5.04. The van der Waals surface area contributed by atoms with Gasteiger partial charge in [-0.3, -0.25) is 4.79 Å². The van der Waals surface area contributed by atoms with E-state index < -0.39 is 0 Å². The van der Waals surface area contributed by atoms with Gasteiger partial charge in [0.2, 0.25) is 0 Å². The van der Waals surface area contributed by atoms with Crippen LogP contribution in [0.15, 0.2) is 0 Å². The number of hydrogen-bond acceptors (Lipinski definition) is 3. The van der Waals surface area contributed by atoms with Crippen LogP contribution in [0.4, 0.5) is 0 Å². The van der Waals surface area contributed by atoms with E-state index in [1.165, 1.54) is 0 Å². The molecule has 0 radical (unpaired) electrons. The van der Waals surface area contributed by atoms with Crippen LogP contribution in [0.5, 0.6) is 0 Å². The molecule has 78 valence electrons. The predicted octanol–water partition coefficient (Wildman–Crippen LogP) is 1.88. The molecule has 0 aromatic heterocycles. The van der Waals surface area contributed by atoms with Crippen LogP contribution in [-0.4, -0.2) is 23.8 Å². The van der Waals surface area contributed by atoms with Gasteiger partial charge in [0.25, 0.3) is 0 Å². The number of aliphatic hydroxyl groups excluding tert-OH is 1. The van der Waals surface area contributed by atoms with Gasteiger partial charge in [0.05, 0.1) is 12.7 Å². The summed E-state index contributed by atoms with van der Waals surface area (Å²) in [4.78, 5) is 10.9. The zero-order valence-corrected chi connectivity index (χ0v) is 8.58. The minimum atomic E-state index is -0.251. The van der Waals surface area contributed by atoms with Gasteiger partial charge in [-0.15, -0.1) is 0 Å². The van der Waals surface area contributed by atoms with Crippen molar-refractivity contribution in [3.8, 4) is 0 Å². The summed E-state index contributed by atoms with van der Waals surface area (Å²) in [5.41, 5.74) is 0. The minimum Gasteiger partial charge on any atom is -0.466 e. The van der Waals surface area contributed by atoms with Crippen molar-refractivity contribution in [3.63, 3.8) is 0 Å². The quantitative estimate of drug-likeness (QED) is 0.620. The fourth-order valence-electron chi connectivity index (χ4n) is 1.19. The summed E-state index contributed by atoms with van der Waals surface area (Å²) in [6, 6.07) is 0. The fraction of sp³-hybridized carbons (Fsp3) is 0.900. The molecule has 0 bridgehead atoms. The summed E-state index contributed by atoms with van der Waals surface area (Å²) >= 11 is 0. The van der Waals surface area contributed by atoms with Gasteiger partial charge in [0.1, 0.15) is 0 Å². The highest BCUT2D eigenvalue weighted by atomic mass is 16.5. The average molecular weight is 188 g/mol. The molecular weight excluding hydrogens is 168 g/mol. The maximum atomic E-state index is 10.9. The Morgan fingerprint density at radius 3 is 2.62 bits per heavy atom. The smallest absolute Gasteiger partial charge is 0.305 e. The van der Waals surface area contributed by atoms with Gasteiger partial charge < -0.3 is 9.84 Å². The lowest BCUT2D eigenvalue weighted by Gasteiger charge is -2.07. The molecule has 0 spiro atoms. The van der Waals surface area contributed by atoms with Crippen molar-refractivity contribution in [2.75, 3.05) is 6.61 Å². The Morgan fingerprint density at radius 1 is 1.38 bits per heavy atom. The first-order chi connectivity index (χ1) is 6.20. The molecule has 0 rings (SSSR count). The Labute approximate surface area is 80.1 Å². The summed E-state index contributed by atoms with van der Waals surface area (Å²) in [7, 11) is 0. The topological polar surface area (TPSA) is 46.5 Å². The van der Waals surface area contributed by atoms with E-state index in [-0.39, 0.29) is 12.1 Å². The SMILES string of the molecule is CCCC(O)CCCC(=O)OCC. The van der Waals surface area contributed by atoms with Gasteiger partial charge in [0, 0.05) is 6.42 Å². The molecule has 0 aromatic carbocycles. The third-order valence-electron chi connectivity index (χ3n) is 1.85. The van der Waals surface area contributed by atoms with Gasteiger partial charge in [-0.1, -0.05) is 13.3 Å². The van der Waals surface area contributed by atoms with Gasteiger partial charge in [0.15, 0.2) is 0 Å². The lowest BCUT2D eigenvalue weighted by Crippen LogP contribution is -2.08. The number of ether oxygens (including phenoxy) is 1. The Balaban J connectivity index is 3.28. The Morgan fingerprint density at radius 2 is 2.08 bits per heavy atom. The molecule has 3 nitrogen and oxygen atoms in total. The summed E-state index contributed by atoms with van der Waals surface area (Å²) in [5.74, 6) is -0.161. The molecule has 0 amide bonds. The molecule has 0 aliphatic heterocycles. The van der Waals surface area contributed by atoms with Crippen LogP contribution in [0.2, 0.25) is 0 Å². The Kier molecular flexibility index (Phi) is 7.69. The third kappa shape index (κ3) is 7.78. The highest BCUT2D eigenvalue weighted by Gasteiger charge is 2.05. The number of carbonyl (C=O) groups is 1. The first kappa shape index (κ1) is 12.4. The van der Waals surface area contributed by atoms with E-state index in [1.54, 1.807) is 6.92 Å². The lowest BCUT2D eigenvalue weighted by atomic mass is 10.1. The Hall–Kier alpha value is -0.570. The molecule has 0 aliphatic rings. The maximum absolute atomic E-state index is 10.9. The van der Waals surface area contributed by atoms with Crippen molar-refractivity contribution < 1.29 is 14.6 Å². The standard InChI is InChI=1S/C10H20O3/c1-3-6-9(11)7-5-8-10(12)13-4-2/h9,11H,3-8H2,1-2H3. The molecule has 1 atom stereocenters. The van der Waals surface area contributed by atoms with Crippen molar-refractivity contribution in [1.29, 1.82) is 0 Å². The minimum absolute atomic E-state index is 0.161. The van der Waals surface area contributed by atoms with E-state index in [4.69, 9.17) is 4.74 Å². The largest absolute Gasteiger partial charge is 0.466 e. The van der Waals surface area contributed by atoms with Gasteiger partial charge >= 0.3 is 5.97 Å². The molecule has 1 unspecified atom stereocenters. The second-order valence-corrected chi connectivity index (χ2v) is 3.14. The second kappa shape index (κ2) is 8.05. The summed E-state index contributed by atoms with van der Waals surface area (Å²) in [6.45, 7) is 4.27. The van der Waals surface area contributed by atoms with Crippen LogP contribution in [0.1, 0.15) is 46.0 Å². The highest BCUT2D eigenvalue weighted by molar-refractivity contribution is 5.69. The van der Waals surface area contributed by atoms with Crippen molar-refractivity contribution >= 4 is 5.97 Å². The molecule has 0 saturated heterocycles. The molecule has 0 fully saturated rings. The van der Waals surface area contributed by atoms with Gasteiger partial charge in [-0.2, -0.15) is 0 Å². The number of hydrogen-bond donors (Lipinski definition) is 1. The third-order valence-corrected chi connectivity index (χ3v) is 1.85. The van der Waals surface area contributed by atoms with E-state index in [0.29, 0.717) is 19.4 Å². The zero-order chi connectivity index (χ0) is 10.1. The number of carbonyl (C=O) groups excluding carboxylic acids is 1. The van der Waals surface area contributed by atoms with Crippen molar-refractivity contribution in [1.82, 2.24) is 0 Å². The van der Waals surface area contributed by atoms with E-state index in [0.717, 1.165) is 19.3 Å². The van der Waals surface area contributed by atoms with E-state index in [1.807, 2.05) is 6.92 Å². The van der Waals surface area contributed by atoms with Crippen molar-refractivity contribution in [2.24, 2.45) is 0 Å². The monoisotopic (exact) mass is 188 g/mol. The lowest BCUT2D eigenvalue weighted by molar-refractivity contribution is -0.143. The van der Waals surface area contributed by atoms with E-state index in [9.17, 15) is 9.90 Å². The fourth-order valence-corrected chi connectivity index (χ4v) is 1.19. The average Bonchev–Trinajstić information content (AvgIpc) is 2.05. The van der Waals surface area contributed by atoms with Crippen LogP contribution >= 0.6 is 0 Å². The maximum Gasteiger partial charge on any atom is 0.305 e. The second-order valence-electron chi connectivity index (χ2n) is 3.14. The Bertz CT molecular complexity index is 134. The van der Waals surface area contributed by atoms with Crippen molar-refractivity contribution in [2.45, 2.75) is 52.1 Å².